The first-order valence-corrected chi connectivity index (χ1v) is 6.90. The van der Waals surface area contributed by atoms with Crippen LogP contribution in [-0.2, 0) is 0 Å². The van der Waals surface area contributed by atoms with Crippen LogP contribution in [0.4, 0.5) is 5.95 Å². The van der Waals surface area contributed by atoms with Crippen molar-refractivity contribution in [3.8, 4) is 5.88 Å². The summed E-state index contributed by atoms with van der Waals surface area (Å²) in [4.78, 5) is 10.7. The number of hydrogen-bond acceptors (Lipinski definition) is 5. The van der Waals surface area contributed by atoms with E-state index in [1.807, 2.05) is 25.8 Å². The molecule has 0 aromatic carbocycles. The predicted molar refractivity (Wildman–Crippen MR) is 78.8 cm³/mol. The third-order valence-corrected chi connectivity index (χ3v) is 2.49. The molecule has 1 heterocycles. The smallest absolute Gasteiger partial charge is 0.228 e. The molecule has 0 spiro atoms. The summed E-state index contributed by atoms with van der Waals surface area (Å²) in [6.07, 6.45) is 1.86. The zero-order valence-electron chi connectivity index (χ0n) is 12.7. The molecular weight excluding hydrogens is 240 g/mol. The first-order valence-electron chi connectivity index (χ1n) is 6.90. The van der Waals surface area contributed by atoms with Crippen molar-refractivity contribution < 1.29 is 4.74 Å². The second-order valence-corrected chi connectivity index (χ2v) is 5.38. The van der Waals surface area contributed by atoms with Gasteiger partial charge < -0.3 is 15.0 Å². The molecule has 0 aliphatic rings. The van der Waals surface area contributed by atoms with Crippen molar-refractivity contribution in [2.75, 3.05) is 31.6 Å². The highest BCUT2D eigenvalue weighted by atomic mass is 16.5. The fraction of sp³-hybridized carbons (Fsp3) is 0.714. The van der Waals surface area contributed by atoms with Crippen LogP contribution in [0.25, 0.3) is 0 Å². The number of anilines is 1. The van der Waals surface area contributed by atoms with Gasteiger partial charge in [-0.3, -0.25) is 0 Å². The maximum absolute atomic E-state index is 5.57. The monoisotopic (exact) mass is 266 g/mol. The molecule has 1 aromatic heterocycles. The van der Waals surface area contributed by atoms with Crippen LogP contribution < -0.4 is 15.0 Å². The molecule has 1 rings (SSSR count). The van der Waals surface area contributed by atoms with Crippen LogP contribution in [0.1, 0.15) is 27.7 Å². The molecule has 0 saturated heterocycles. The van der Waals surface area contributed by atoms with E-state index in [0.29, 0.717) is 17.7 Å². The summed E-state index contributed by atoms with van der Waals surface area (Å²) in [5.41, 5.74) is 0. The maximum Gasteiger partial charge on any atom is 0.228 e. The summed E-state index contributed by atoms with van der Waals surface area (Å²) in [5.74, 6) is 2.00. The van der Waals surface area contributed by atoms with Gasteiger partial charge in [0, 0.05) is 32.4 Å². The van der Waals surface area contributed by atoms with Crippen LogP contribution in [0.5, 0.6) is 5.88 Å². The Morgan fingerprint density at radius 1 is 1.32 bits per heavy atom. The van der Waals surface area contributed by atoms with Gasteiger partial charge in [-0.25, -0.2) is 4.98 Å². The first kappa shape index (κ1) is 15.7. The molecule has 19 heavy (non-hydrogen) atoms. The van der Waals surface area contributed by atoms with Crippen LogP contribution in [0.15, 0.2) is 12.3 Å². The first-order chi connectivity index (χ1) is 8.99. The summed E-state index contributed by atoms with van der Waals surface area (Å²) in [6.45, 7) is 11.2. The molecule has 0 atom stereocenters. The average molecular weight is 266 g/mol. The average Bonchev–Trinajstić information content (AvgIpc) is 2.33. The van der Waals surface area contributed by atoms with Gasteiger partial charge in [0.1, 0.15) is 0 Å². The van der Waals surface area contributed by atoms with Gasteiger partial charge in [0.15, 0.2) is 0 Å². The fourth-order valence-electron chi connectivity index (χ4n) is 1.56. The van der Waals surface area contributed by atoms with E-state index in [4.69, 9.17) is 4.74 Å². The van der Waals surface area contributed by atoms with E-state index in [-0.39, 0.29) is 6.10 Å². The number of hydrogen-bond donors (Lipinski definition) is 1. The minimum Gasteiger partial charge on any atom is -0.475 e. The zero-order chi connectivity index (χ0) is 14.3. The summed E-state index contributed by atoms with van der Waals surface area (Å²) >= 11 is 0. The summed E-state index contributed by atoms with van der Waals surface area (Å²) in [6, 6.07) is 1.79. The lowest BCUT2D eigenvalue weighted by molar-refractivity contribution is 0.232. The Bertz CT molecular complexity index is 368. The van der Waals surface area contributed by atoms with Crippen LogP contribution in [0.3, 0.4) is 0 Å². The summed E-state index contributed by atoms with van der Waals surface area (Å²) in [5, 5.41) is 3.40. The van der Waals surface area contributed by atoms with Gasteiger partial charge in [-0.15, -0.1) is 0 Å². The highest BCUT2D eigenvalue weighted by Gasteiger charge is 2.06. The van der Waals surface area contributed by atoms with Gasteiger partial charge in [-0.2, -0.15) is 4.98 Å². The molecule has 1 N–H and O–H groups in total. The number of rotatable bonds is 8. The van der Waals surface area contributed by atoms with E-state index < -0.39 is 0 Å². The van der Waals surface area contributed by atoms with Crippen molar-refractivity contribution >= 4 is 5.95 Å². The largest absolute Gasteiger partial charge is 0.475 e. The normalized spacial score (nSPS) is 11.1. The maximum atomic E-state index is 5.57. The van der Waals surface area contributed by atoms with Gasteiger partial charge in [0.25, 0.3) is 0 Å². The Morgan fingerprint density at radius 2 is 2.05 bits per heavy atom. The number of aromatic nitrogens is 2. The number of nitrogens with one attached hydrogen (secondary N) is 1. The zero-order valence-corrected chi connectivity index (χ0v) is 12.7. The number of nitrogens with zero attached hydrogens (tertiary/aromatic N) is 3. The molecular formula is C14H26N4O. The van der Waals surface area contributed by atoms with Crippen molar-refractivity contribution in [1.29, 1.82) is 0 Å². The Balaban J connectivity index is 2.45. The van der Waals surface area contributed by atoms with E-state index >= 15 is 0 Å². The van der Waals surface area contributed by atoms with Crippen molar-refractivity contribution in [3.63, 3.8) is 0 Å². The van der Waals surface area contributed by atoms with Gasteiger partial charge in [0.2, 0.25) is 11.8 Å². The van der Waals surface area contributed by atoms with Crippen molar-refractivity contribution in [2.45, 2.75) is 33.8 Å². The van der Waals surface area contributed by atoms with Crippen molar-refractivity contribution in [1.82, 2.24) is 15.3 Å². The molecule has 5 heteroatoms. The molecule has 0 fully saturated rings. The Labute approximate surface area is 116 Å². The molecule has 0 aliphatic carbocycles. The van der Waals surface area contributed by atoms with Crippen LogP contribution in [-0.4, -0.2) is 42.8 Å². The third kappa shape index (κ3) is 6.38. The van der Waals surface area contributed by atoms with E-state index in [0.717, 1.165) is 19.6 Å². The second-order valence-electron chi connectivity index (χ2n) is 5.38. The molecule has 108 valence electrons. The molecule has 0 radical (unpaired) electrons. The summed E-state index contributed by atoms with van der Waals surface area (Å²) in [7, 11) is 1.99. The minimum absolute atomic E-state index is 0.126. The third-order valence-electron chi connectivity index (χ3n) is 2.49. The van der Waals surface area contributed by atoms with E-state index in [2.05, 4.69) is 29.1 Å². The standard InChI is InChI=1S/C14H26N4O/c1-11(2)10-15-8-9-18(5)14-16-7-6-13(17-14)19-12(3)4/h6-7,11-12,15H,8-10H2,1-5H3. The van der Waals surface area contributed by atoms with Gasteiger partial charge in [-0.1, -0.05) is 13.8 Å². The predicted octanol–water partition coefficient (Wildman–Crippen LogP) is 1.95. The van der Waals surface area contributed by atoms with Crippen molar-refractivity contribution in [3.05, 3.63) is 12.3 Å². The fourth-order valence-corrected chi connectivity index (χ4v) is 1.56. The molecule has 5 nitrogen and oxygen atoms in total. The molecule has 0 unspecified atom stereocenters. The lowest BCUT2D eigenvalue weighted by Gasteiger charge is -2.18. The molecule has 0 amide bonds. The Hall–Kier alpha value is -1.36. The Morgan fingerprint density at radius 3 is 2.68 bits per heavy atom. The van der Waals surface area contributed by atoms with Crippen LogP contribution in [0, 0.1) is 5.92 Å². The van der Waals surface area contributed by atoms with E-state index in [9.17, 15) is 0 Å². The van der Waals surface area contributed by atoms with E-state index in [1.54, 1.807) is 12.3 Å². The van der Waals surface area contributed by atoms with Gasteiger partial charge >= 0.3 is 0 Å². The lowest BCUT2D eigenvalue weighted by atomic mass is 10.2. The van der Waals surface area contributed by atoms with Crippen LogP contribution >= 0.6 is 0 Å². The quantitative estimate of drug-likeness (QED) is 0.729. The van der Waals surface area contributed by atoms with E-state index in [1.165, 1.54) is 0 Å². The number of ether oxygens (including phenoxy) is 1. The summed E-state index contributed by atoms with van der Waals surface area (Å²) < 4.78 is 5.57. The lowest BCUT2D eigenvalue weighted by Crippen LogP contribution is -2.32. The SMILES string of the molecule is CC(C)CNCCN(C)c1nccc(OC(C)C)n1. The second kappa shape index (κ2) is 7.94. The van der Waals surface area contributed by atoms with Gasteiger partial charge in [-0.05, 0) is 26.3 Å². The molecule has 0 saturated carbocycles. The highest BCUT2D eigenvalue weighted by molar-refractivity contribution is 5.30. The topological polar surface area (TPSA) is 50.3 Å². The minimum atomic E-state index is 0.126. The van der Waals surface area contributed by atoms with Gasteiger partial charge in [0.05, 0.1) is 6.10 Å². The van der Waals surface area contributed by atoms with Crippen molar-refractivity contribution in [2.24, 2.45) is 5.92 Å². The van der Waals surface area contributed by atoms with Crippen LogP contribution in [0.2, 0.25) is 0 Å². The molecule has 0 aliphatic heterocycles. The number of likely N-dealkylation sites (N-methyl/N-ethyl adjacent to an activating group) is 1. The Kier molecular flexibility index (Phi) is 6.56. The molecule has 1 aromatic rings. The molecule has 0 bridgehead atoms. The highest BCUT2D eigenvalue weighted by Crippen LogP contribution is 2.12.